The maximum Gasteiger partial charge on any atom is 0.323 e. The predicted molar refractivity (Wildman–Crippen MR) is 74.3 cm³/mol. The van der Waals surface area contributed by atoms with E-state index in [4.69, 9.17) is 5.11 Å². The third-order valence-electron chi connectivity index (χ3n) is 2.62. The second-order valence-corrected chi connectivity index (χ2v) is 5.39. The lowest BCUT2D eigenvalue weighted by Crippen LogP contribution is -2.36. The van der Waals surface area contributed by atoms with Gasteiger partial charge in [-0.05, 0) is 26.2 Å². The van der Waals surface area contributed by atoms with E-state index in [9.17, 15) is 9.59 Å². The van der Waals surface area contributed by atoms with Gasteiger partial charge < -0.3 is 10.0 Å². The molecule has 1 rings (SSSR count). The molecule has 5 nitrogen and oxygen atoms in total. The molecule has 1 N–H and O–H groups in total. The molecule has 0 radical (unpaired) electrons. The molecule has 1 aromatic heterocycles. The molecule has 0 aromatic carbocycles. The van der Waals surface area contributed by atoms with Crippen molar-refractivity contribution in [3.8, 4) is 0 Å². The molecule has 0 atom stereocenters. The van der Waals surface area contributed by atoms with Crippen LogP contribution in [0.1, 0.15) is 36.9 Å². The number of hydrogen-bond acceptors (Lipinski definition) is 4. The summed E-state index contributed by atoms with van der Waals surface area (Å²) in [5, 5.41) is 11.8. The standard InChI is InChI=1S/C13H20N2O3S/c1-3-7-15(8-13(17)18)12(16)6-4-5-11-14-10(2)9-19-11/h9H,3-8H2,1-2H3,(H,17,18). The Kier molecular flexibility index (Phi) is 6.49. The number of carboxylic acid groups (broad SMARTS) is 1. The molecule has 0 saturated heterocycles. The molecule has 0 bridgehead atoms. The fourth-order valence-electron chi connectivity index (χ4n) is 1.79. The Morgan fingerprint density at radius 2 is 2.21 bits per heavy atom. The van der Waals surface area contributed by atoms with E-state index in [0.717, 1.165) is 23.5 Å². The Hall–Kier alpha value is -1.43. The molecular weight excluding hydrogens is 264 g/mol. The number of amides is 1. The minimum Gasteiger partial charge on any atom is -0.480 e. The van der Waals surface area contributed by atoms with Gasteiger partial charge in [0, 0.05) is 24.0 Å². The van der Waals surface area contributed by atoms with Crippen LogP contribution in [0.3, 0.4) is 0 Å². The van der Waals surface area contributed by atoms with E-state index < -0.39 is 5.97 Å². The first-order valence-corrected chi connectivity index (χ1v) is 7.31. The van der Waals surface area contributed by atoms with Crippen LogP contribution in [0.5, 0.6) is 0 Å². The summed E-state index contributed by atoms with van der Waals surface area (Å²) in [6, 6.07) is 0. The summed E-state index contributed by atoms with van der Waals surface area (Å²) in [6.45, 7) is 4.17. The number of aryl methyl sites for hydroxylation is 2. The van der Waals surface area contributed by atoms with Gasteiger partial charge in [0.15, 0.2) is 0 Å². The summed E-state index contributed by atoms with van der Waals surface area (Å²) in [6.07, 6.45) is 2.64. The van der Waals surface area contributed by atoms with Crippen molar-refractivity contribution in [2.24, 2.45) is 0 Å². The average Bonchev–Trinajstić information content (AvgIpc) is 2.74. The number of hydrogen-bond donors (Lipinski definition) is 1. The highest BCUT2D eigenvalue weighted by Gasteiger charge is 2.15. The number of thiazole rings is 1. The molecule has 0 unspecified atom stereocenters. The van der Waals surface area contributed by atoms with Crippen LogP contribution in [0.4, 0.5) is 0 Å². The number of rotatable bonds is 8. The number of carboxylic acids is 1. The van der Waals surface area contributed by atoms with Gasteiger partial charge in [-0.3, -0.25) is 9.59 Å². The molecule has 6 heteroatoms. The monoisotopic (exact) mass is 284 g/mol. The summed E-state index contributed by atoms with van der Waals surface area (Å²) < 4.78 is 0. The van der Waals surface area contributed by atoms with Crippen LogP contribution in [-0.2, 0) is 16.0 Å². The van der Waals surface area contributed by atoms with Crippen LogP contribution in [0.2, 0.25) is 0 Å². The summed E-state index contributed by atoms with van der Waals surface area (Å²) in [7, 11) is 0. The first kappa shape index (κ1) is 15.6. The maximum absolute atomic E-state index is 11.9. The highest BCUT2D eigenvalue weighted by molar-refractivity contribution is 7.09. The Bertz CT molecular complexity index is 431. The highest BCUT2D eigenvalue weighted by Crippen LogP contribution is 2.12. The van der Waals surface area contributed by atoms with E-state index >= 15 is 0 Å². The van der Waals surface area contributed by atoms with Gasteiger partial charge in [0.1, 0.15) is 6.54 Å². The van der Waals surface area contributed by atoms with Crippen molar-refractivity contribution in [2.75, 3.05) is 13.1 Å². The van der Waals surface area contributed by atoms with Gasteiger partial charge >= 0.3 is 5.97 Å². The second kappa shape index (κ2) is 7.89. The molecule has 1 aromatic rings. The molecular formula is C13H20N2O3S. The molecule has 0 aliphatic heterocycles. The van der Waals surface area contributed by atoms with Crippen molar-refractivity contribution >= 4 is 23.2 Å². The smallest absolute Gasteiger partial charge is 0.323 e. The molecule has 0 fully saturated rings. The van der Waals surface area contributed by atoms with E-state index in [1.165, 1.54) is 4.90 Å². The average molecular weight is 284 g/mol. The van der Waals surface area contributed by atoms with E-state index in [1.54, 1.807) is 11.3 Å². The van der Waals surface area contributed by atoms with Gasteiger partial charge in [-0.1, -0.05) is 6.92 Å². The van der Waals surface area contributed by atoms with Crippen molar-refractivity contribution in [3.05, 3.63) is 16.1 Å². The molecule has 1 heterocycles. The Morgan fingerprint density at radius 1 is 1.47 bits per heavy atom. The summed E-state index contributed by atoms with van der Waals surface area (Å²) >= 11 is 1.60. The molecule has 106 valence electrons. The van der Waals surface area contributed by atoms with Crippen LogP contribution in [-0.4, -0.2) is 40.0 Å². The largest absolute Gasteiger partial charge is 0.480 e. The highest BCUT2D eigenvalue weighted by atomic mass is 32.1. The number of carbonyl (C=O) groups is 2. The molecule has 0 spiro atoms. The lowest BCUT2D eigenvalue weighted by Gasteiger charge is -2.19. The lowest BCUT2D eigenvalue weighted by atomic mass is 10.2. The summed E-state index contributed by atoms with van der Waals surface area (Å²) in [4.78, 5) is 28.3. The fraction of sp³-hybridized carbons (Fsp3) is 0.615. The third kappa shape index (κ3) is 5.83. The van der Waals surface area contributed by atoms with Crippen LogP contribution < -0.4 is 0 Å². The molecule has 0 aliphatic rings. The van der Waals surface area contributed by atoms with E-state index in [-0.39, 0.29) is 12.5 Å². The first-order chi connectivity index (χ1) is 9.02. The van der Waals surface area contributed by atoms with Gasteiger partial charge in [0.05, 0.1) is 5.01 Å². The van der Waals surface area contributed by atoms with E-state index in [0.29, 0.717) is 19.4 Å². The SMILES string of the molecule is CCCN(CC(=O)O)C(=O)CCCc1nc(C)cs1. The minimum atomic E-state index is -0.961. The van der Waals surface area contributed by atoms with Crippen LogP contribution >= 0.6 is 11.3 Å². The zero-order valence-corrected chi connectivity index (χ0v) is 12.2. The van der Waals surface area contributed by atoms with Crippen LogP contribution in [0.15, 0.2) is 5.38 Å². The molecule has 1 amide bonds. The first-order valence-electron chi connectivity index (χ1n) is 6.43. The zero-order valence-electron chi connectivity index (χ0n) is 11.4. The second-order valence-electron chi connectivity index (χ2n) is 4.45. The van der Waals surface area contributed by atoms with Crippen molar-refractivity contribution < 1.29 is 14.7 Å². The normalized spacial score (nSPS) is 10.4. The van der Waals surface area contributed by atoms with Crippen molar-refractivity contribution in [2.45, 2.75) is 39.5 Å². The predicted octanol–water partition coefficient (Wildman–Crippen LogP) is 2.10. The van der Waals surface area contributed by atoms with E-state index in [1.807, 2.05) is 19.2 Å². The van der Waals surface area contributed by atoms with Crippen molar-refractivity contribution in [1.29, 1.82) is 0 Å². The topological polar surface area (TPSA) is 70.5 Å². The number of aliphatic carboxylic acids is 1. The van der Waals surface area contributed by atoms with Gasteiger partial charge in [0.25, 0.3) is 0 Å². The van der Waals surface area contributed by atoms with Gasteiger partial charge in [-0.25, -0.2) is 4.98 Å². The molecule has 0 aliphatic carbocycles. The Balaban J connectivity index is 2.37. The van der Waals surface area contributed by atoms with Gasteiger partial charge in [0.2, 0.25) is 5.91 Å². The Labute approximate surface area is 117 Å². The summed E-state index contributed by atoms with van der Waals surface area (Å²) in [5.74, 6) is -1.05. The fourth-order valence-corrected chi connectivity index (χ4v) is 2.61. The van der Waals surface area contributed by atoms with Crippen LogP contribution in [0, 0.1) is 6.92 Å². The molecule has 19 heavy (non-hydrogen) atoms. The lowest BCUT2D eigenvalue weighted by molar-refractivity contribution is -0.144. The summed E-state index contributed by atoms with van der Waals surface area (Å²) in [5.41, 5.74) is 1.00. The van der Waals surface area contributed by atoms with Crippen molar-refractivity contribution in [1.82, 2.24) is 9.88 Å². The zero-order chi connectivity index (χ0) is 14.3. The van der Waals surface area contributed by atoms with Crippen LogP contribution in [0.25, 0.3) is 0 Å². The third-order valence-corrected chi connectivity index (χ3v) is 3.65. The van der Waals surface area contributed by atoms with Crippen molar-refractivity contribution in [3.63, 3.8) is 0 Å². The number of nitrogens with zero attached hydrogens (tertiary/aromatic N) is 2. The van der Waals surface area contributed by atoms with E-state index in [2.05, 4.69) is 4.98 Å². The van der Waals surface area contributed by atoms with Gasteiger partial charge in [-0.15, -0.1) is 11.3 Å². The van der Waals surface area contributed by atoms with Gasteiger partial charge in [-0.2, -0.15) is 0 Å². The quantitative estimate of drug-likeness (QED) is 0.793. The Morgan fingerprint density at radius 3 is 2.74 bits per heavy atom. The number of aromatic nitrogens is 1. The minimum absolute atomic E-state index is 0.0856. The molecule has 0 saturated carbocycles. The maximum atomic E-state index is 11.9. The number of carbonyl (C=O) groups excluding carboxylic acids is 1.